The lowest BCUT2D eigenvalue weighted by molar-refractivity contribution is 0.141. The lowest BCUT2D eigenvalue weighted by Crippen LogP contribution is -2.31. The van der Waals surface area contributed by atoms with E-state index >= 15 is 0 Å². The first-order chi connectivity index (χ1) is 9.72. The molecular formula is C14H27N3O2S. The third-order valence-electron chi connectivity index (χ3n) is 3.06. The zero-order chi connectivity index (χ0) is 14.8. The number of ether oxygens (including phenoxy) is 2. The zero-order valence-electron chi connectivity index (χ0n) is 13.0. The number of nitrogens with one attached hydrogen (secondary N) is 1. The Morgan fingerprint density at radius 2 is 1.85 bits per heavy atom. The second-order valence-corrected chi connectivity index (χ2v) is 5.48. The van der Waals surface area contributed by atoms with Gasteiger partial charge >= 0.3 is 0 Å². The maximum Gasteiger partial charge on any atom is 0.185 e. The van der Waals surface area contributed by atoms with E-state index in [4.69, 9.17) is 9.47 Å². The van der Waals surface area contributed by atoms with E-state index in [1.165, 1.54) is 4.88 Å². The molecule has 0 aliphatic carbocycles. The summed E-state index contributed by atoms with van der Waals surface area (Å²) in [5.74, 6) is 0. The van der Waals surface area contributed by atoms with Crippen LogP contribution in [-0.4, -0.2) is 51.5 Å². The van der Waals surface area contributed by atoms with Crippen LogP contribution in [0.1, 0.15) is 31.7 Å². The molecule has 0 amide bonds. The Kier molecular flexibility index (Phi) is 8.77. The van der Waals surface area contributed by atoms with Crippen molar-refractivity contribution in [1.82, 2.24) is 10.3 Å². The highest BCUT2D eigenvalue weighted by Crippen LogP contribution is 2.26. The summed E-state index contributed by atoms with van der Waals surface area (Å²) in [5.41, 5.74) is 0. The molecule has 0 spiro atoms. The quantitative estimate of drug-likeness (QED) is 0.636. The number of anilines is 1. The molecule has 0 radical (unpaired) electrons. The molecule has 0 aliphatic rings. The highest BCUT2D eigenvalue weighted by molar-refractivity contribution is 7.15. The molecule has 1 aromatic heterocycles. The van der Waals surface area contributed by atoms with Gasteiger partial charge in [0.25, 0.3) is 0 Å². The minimum absolute atomic E-state index is 0.335. The van der Waals surface area contributed by atoms with Gasteiger partial charge < -0.3 is 19.7 Å². The van der Waals surface area contributed by atoms with Crippen molar-refractivity contribution in [2.75, 3.05) is 51.5 Å². The second kappa shape index (κ2) is 10.1. The van der Waals surface area contributed by atoms with E-state index in [-0.39, 0.29) is 0 Å². The van der Waals surface area contributed by atoms with Gasteiger partial charge in [0.2, 0.25) is 0 Å². The molecule has 1 unspecified atom stereocenters. The molecule has 0 aliphatic heterocycles. The summed E-state index contributed by atoms with van der Waals surface area (Å²) in [6.45, 7) is 10.8. The first-order valence-electron chi connectivity index (χ1n) is 7.26. The van der Waals surface area contributed by atoms with Gasteiger partial charge in [0, 0.05) is 43.4 Å². The summed E-state index contributed by atoms with van der Waals surface area (Å²) in [6, 6.07) is 0.335. The molecule has 1 aromatic rings. The summed E-state index contributed by atoms with van der Waals surface area (Å²) < 4.78 is 10.9. The molecule has 0 fully saturated rings. The van der Waals surface area contributed by atoms with Crippen molar-refractivity contribution >= 4 is 16.5 Å². The highest BCUT2D eigenvalue weighted by Gasteiger charge is 2.13. The number of aromatic nitrogens is 1. The summed E-state index contributed by atoms with van der Waals surface area (Å²) in [7, 11) is 1.96. The number of thiazole rings is 1. The maximum absolute atomic E-state index is 5.45. The number of rotatable bonds is 11. The molecular weight excluding hydrogens is 274 g/mol. The Hall–Kier alpha value is -0.690. The molecule has 1 heterocycles. The van der Waals surface area contributed by atoms with Crippen LogP contribution in [0.3, 0.4) is 0 Å². The van der Waals surface area contributed by atoms with Crippen LogP contribution in [0.4, 0.5) is 5.13 Å². The molecule has 0 saturated carbocycles. The van der Waals surface area contributed by atoms with Gasteiger partial charge in [-0.1, -0.05) is 0 Å². The Bertz CT molecular complexity index is 350. The van der Waals surface area contributed by atoms with Crippen LogP contribution >= 0.6 is 11.3 Å². The molecule has 5 nitrogen and oxygen atoms in total. The fourth-order valence-electron chi connectivity index (χ4n) is 1.71. The molecule has 0 saturated heterocycles. The van der Waals surface area contributed by atoms with Crippen LogP contribution in [0.25, 0.3) is 0 Å². The topological polar surface area (TPSA) is 46.6 Å². The lowest BCUT2D eigenvalue weighted by atomic mass is 10.3. The Balaban J connectivity index is 2.62. The Labute approximate surface area is 126 Å². The normalized spacial score (nSPS) is 12.6. The van der Waals surface area contributed by atoms with Crippen molar-refractivity contribution < 1.29 is 9.47 Å². The van der Waals surface area contributed by atoms with Crippen LogP contribution in [0.15, 0.2) is 6.20 Å². The molecule has 1 rings (SSSR count). The van der Waals surface area contributed by atoms with Crippen LogP contribution in [-0.2, 0) is 9.47 Å². The van der Waals surface area contributed by atoms with Crippen LogP contribution in [0.5, 0.6) is 0 Å². The van der Waals surface area contributed by atoms with Gasteiger partial charge in [-0.2, -0.15) is 0 Å². The van der Waals surface area contributed by atoms with Crippen molar-refractivity contribution in [3.8, 4) is 0 Å². The number of hydrogen-bond donors (Lipinski definition) is 1. The number of nitrogens with zero attached hydrogens (tertiary/aromatic N) is 2. The molecule has 1 N–H and O–H groups in total. The van der Waals surface area contributed by atoms with Crippen LogP contribution < -0.4 is 10.2 Å². The van der Waals surface area contributed by atoms with Gasteiger partial charge in [-0.25, -0.2) is 4.98 Å². The van der Waals surface area contributed by atoms with Gasteiger partial charge in [-0.05, 0) is 27.8 Å². The van der Waals surface area contributed by atoms with Crippen molar-refractivity contribution in [2.24, 2.45) is 0 Å². The van der Waals surface area contributed by atoms with Gasteiger partial charge in [0.05, 0.1) is 13.2 Å². The van der Waals surface area contributed by atoms with E-state index in [2.05, 4.69) is 22.1 Å². The minimum atomic E-state index is 0.335. The van der Waals surface area contributed by atoms with Crippen molar-refractivity contribution in [1.29, 1.82) is 0 Å². The SMILES string of the molecule is CCOCCN(CCOCC)c1ncc(C(C)NC)s1. The minimum Gasteiger partial charge on any atom is -0.380 e. The fourth-order valence-corrected chi connectivity index (χ4v) is 2.73. The van der Waals surface area contributed by atoms with Gasteiger partial charge in [0.1, 0.15) is 0 Å². The first kappa shape index (κ1) is 17.4. The molecule has 116 valence electrons. The van der Waals surface area contributed by atoms with Crippen molar-refractivity contribution in [3.63, 3.8) is 0 Å². The summed E-state index contributed by atoms with van der Waals surface area (Å²) in [6.07, 6.45) is 1.95. The van der Waals surface area contributed by atoms with Crippen LogP contribution in [0, 0.1) is 0 Å². The fraction of sp³-hybridized carbons (Fsp3) is 0.786. The van der Waals surface area contributed by atoms with E-state index in [1.807, 2.05) is 27.1 Å². The highest BCUT2D eigenvalue weighted by atomic mass is 32.1. The van der Waals surface area contributed by atoms with E-state index in [0.29, 0.717) is 6.04 Å². The third kappa shape index (κ3) is 5.75. The largest absolute Gasteiger partial charge is 0.380 e. The molecule has 6 heteroatoms. The van der Waals surface area contributed by atoms with E-state index in [0.717, 1.165) is 44.6 Å². The van der Waals surface area contributed by atoms with E-state index in [9.17, 15) is 0 Å². The van der Waals surface area contributed by atoms with Crippen molar-refractivity contribution in [3.05, 3.63) is 11.1 Å². The van der Waals surface area contributed by atoms with Gasteiger partial charge in [-0.15, -0.1) is 11.3 Å². The molecule has 1 atom stereocenters. The average molecular weight is 301 g/mol. The summed E-state index contributed by atoms with van der Waals surface area (Å²) >= 11 is 1.73. The Morgan fingerprint density at radius 3 is 2.35 bits per heavy atom. The third-order valence-corrected chi connectivity index (χ3v) is 4.30. The van der Waals surface area contributed by atoms with E-state index < -0.39 is 0 Å². The lowest BCUT2D eigenvalue weighted by Gasteiger charge is -2.21. The monoisotopic (exact) mass is 301 g/mol. The maximum atomic E-state index is 5.45. The van der Waals surface area contributed by atoms with Gasteiger partial charge in [-0.3, -0.25) is 0 Å². The summed E-state index contributed by atoms with van der Waals surface area (Å²) in [5, 5.41) is 4.28. The second-order valence-electron chi connectivity index (χ2n) is 4.44. The van der Waals surface area contributed by atoms with Crippen LogP contribution in [0.2, 0.25) is 0 Å². The first-order valence-corrected chi connectivity index (χ1v) is 8.07. The van der Waals surface area contributed by atoms with Crippen molar-refractivity contribution in [2.45, 2.75) is 26.8 Å². The Morgan fingerprint density at radius 1 is 1.25 bits per heavy atom. The molecule has 0 aromatic carbocycles. The smallest absolute Gasteiger partial charge is 0.185 e. The molecule has 0 bridgehead atoms. The average Bonchev–Trinajstić information content (AvgIpc) is 2.95. The standard InChI is InChI=1S/C14H27N3O2S/c1-5-18-9-7-17(8-10-19-6-2)14-16-11-13(20-14)12(3)15-4/h11-12,15H,5-10H2,1-4H3. The predicted molar refractivity (Wildman–Crippen MR) is 84.8 cm³/mol. The molecule has 20 heavy (non-hydrogen) atoms. The summed E-state index contributed by atoms with van der Waals surface area (Å²) in [4.78, 5) is 8.02. The zero-order valence-corrected chi connectivity index (χ0v) is 13.8. The number of hydrogen-bond acceptors (Lipinski definition) is 6. The predicted octanol–water partition coefficient (Wildman–Crippen LogP) is 2.30. The van der Waals surface area contributed by atoms with E-state index in [1.54, 1.807) is 11.3 Å². The van der Waals surface area contributed by atoms with Gasteiger partial charge in [0.15, 0.2) is 5.13 Å².